The predicted molar refractivity (Wildman–Crippen MR) is 235 cm³/mol. The molecule has 2 amide bonds. The molecule has 0 spiro atoms. The Morgan fingerprint density at radius 3 is 1.82 bits per heavy atom. The topological polar surface area (TPSA) is 131 Å². The van der Waals surface area contributed by atoms with Crippen LogP contribution in [0.2, 0.25) is 0 Å². The van der Waals surface area contributed by atoms with E-state index in [9.17, 15) is 14.4 Å². The lowest BCUT2D eigenvalue weighted by atomic mass is 9.73. The van der Waals surface area contributed by atoms with Gasteiger partial charge in [-0.2, -0.15) is 0 Å². The molecule has 0 saturated carbocycles. The third-order valence-electron chi connectivity index (χ3n) is 12.4. The molecule has 12 heteroatoms. The minimum atomic E-state index is -0.954. The van der Waals surface area contributed by atoms with Gasteiger partial charge in [-0.1, -0.05) is 109 Å². The van der Waals surface area contributed by atoms with Crippen molar-refractivity contribution in [1.29, 1.82) is 0 Å². The molecule has 61 heavy (non-hydrogen) atoms. The van der Waals surface area contributed by atoms with Crippen molar-refractivity contribution in [3.8, 4) is 0 Å². The number of ether oxygens (including phenoxy) is 1. The summed E-state index contributed by atoms with van der Waals surface area (Å²) in [5.74, 6) is 0.705. The van der Waals surface area contributed by atoms with Crippen molar-refractivity contribution in [2.45, 2.75) is 68.6 Å². The second-order valence-corrected chi connectivity index (χ2v) is 16.7. The number of benzene rings is 3. The second-order valence-electron chi connectivity index (χ2n) is 16.7. The molecule has 3 aromatic carbocycles. The van der Waals surface area contributed by atoms with E-state index in [4.69, 9.17) is 14.7 Å². The van der Waals surface area contributed by atoms with Crippen LogP contribution in [0.3, 0.4) is 0 Å². The van der Waals surface area contributed by atoms with Gasteiger partial charge in [0, 0.05) is 19.3 Å². The lowest BCUT2D eigenvalue weighted by Crippen LogP contribution is -2.40. The van der Waals surface area contributed by atoms with Gasteiger partial charge in [-0.05, 0) is 89.5 Å². The molecule has 3 aliphatic rings. The maximum atomic E-state index is 14.5. The van der Waals surface area contributed by atoms with Crippen molar-refractivity contribution in [3.63, 3.8) is 0 Å². The van der Waals surface area contributed by atoms with Crippen LogP contribution in [-0.4, -0.2) is 105 Å². The van der Waals surface area contributed by atoms with E-state index in [0.717, 1.165) is 47.2 Å². The Labute approximate surface area is 358 Å². The minimum Gasteiger partial charge on any atom is -0.461 e. The van der Waals surface area contributed by atoms with E-state index in [1.807, 2.05) is 133 Å². The summed E-state index contributed by atoms with van der Waals surface area (Å²) in [5, 5.41) is 0. The van der Waals surface area contributed by atoms with Crippen LogP contribution < -0.4 is 0 Å². The predicted octanol–water partition coefficient (Wildman–Crippen LogP) is 7.57. The molecule has 2 aromatic heterocycles. The first kappa shape index (κ1) is 41.6. The van der Waals surface area contributed by atoms with Crippen LogP contribution >= 0.6 is 0 Å². The molecule has 5 atom stereocenters. The summed E-state index contributed by atoms with van der Waals surface area (Å²) in [5.41, 5.74) is 4.54. The lowest BCUT2D eigenvalue weighted by Gasteiger charge is -2.33. The standard InChI is InChI=1S/C49H56N8O4/c1-6-61-48(60)40-43(53-45(52-40)38-25-17-31-57(38)47(59)42(55(4)5)36-22-14-9-15-23-36)49(28-26-34(27-29-49)33-18-10-7-11-19-33)39-32-50-44(51-39)37-24-16-30-56(37)46(58)41(54(2)3)35-20-12-8-13-21-35/h7-15,18-23,26-28,32,37-38,41-42H,6,16-17,24-25,29-31H2,1-5H3,(H,50,51)(H,52,53)/t37-,38-,41+,42+,49?/m0/s1. The van der Waals surface area contributed by atoms with Gasteiger partial charge in [-0.3, -0.25) is 19.4 Å². The van der Waals surface area contributed by atoms with Crippen molar-refractivity contribution in [2.24, 2.45) is 0 Å². The fraction of sp³-hybridized carbons (Fsp3) is 0.367. The molecule has 5 aromatic rings. The van der Waals surface area contributed by atoms with Gasteiger partial charge in [0.15, 0.2) is 5.69 Å². The number of esters is 1. The smallest absolute Gasteiger partial charge is 0.358 e. The molecular formula is C49H56N8O4. The zero-order valence-corrected chi connectivity index (χ0v) is 35.8. The Bertz CT molecular complexity index is 2390. The fourth-order valence-corrected chi connectivity index (χ4v) is 9.49. The van der Waals surface area contributed by atoms with Crippen LogP contribution in [0.1, 0.15) is 113 Å². The van der Waals surface area contributed by atoms with Gasteiger partial charge in [0.25, 0.3) is 0 Å². The number of carbonyl (C=O) groups is 3. The number of nitrogens with one attached hydrogen (secondary N) is 2. The van der Waals surface area contributed by atoms with Gasteiger partial charge in [0.1, 0.15) is 23.7 Å². The molecule has 2 aliphatic heterocycles. The third kappa shape index (κ3) is 8.09. The van der Waals surface area contributed by atoms with Crippen molar-refractivity contribution < 1.29 is 19.1 Å². The summed E-state index contributed by atoms with van der Waals surface area (Å²) in [6.07, 6.45) is 11.8. The highest BCUT2D eigenvalue weighted by atomic mass is 16.5. The van der Waals surface area contributed by atoms with Crippen LogP contribution in [0, 0.1) is 0 Å². The molecule has 4 heterocycles. The molecule has 8 rings (SSSR count). The maximum absolute atomic E-state index is 14.5. The quantitative estimate of drug-likeness (QED) is 0.116. The Hall–Kier alpha value is -6.11. The second kappa shape index (κ2) is 17.9. The Balaban J connectivity index is 1.20. The van der Waals surface area contributed by atoms with Gasteiger partial charge in [-0.25, -0.2) is 14.8 Å². The van der Waals surface area contributed by atoms with E-state index in [1.165, 1.54) is 0 Å². The number of amides is 2. The van der Waals surface area contributed by atoms with Crippen LogP contribution in [0.5, 0.6) is 0 Å². The molecule has 2 fully saturated rings. The number of allylic oxidation sites excluding steroid dienone is 4. The summed E-state index contributed by atoms with van der Waals surface area (Å²) in [6.45, 7) is 3.15. The summed E-state index contributed by atoms with van der Waals surface area (Å²) < 4.78 is 5.69. The summed E-state index contributed by atoms with van der Waals surface area (Å²) >= 11 is 0. The van der Waals surface area contributed by atoms with E-state index in [-0.39, 0.29) is 36.2 Å². The van der Waals surface area contributed by atoms with Crippen LogP contribution in [0.4, 0.5) is 0 Å². The lowest BCUT2D eigenvalue weighted by molar-refractivity contribution is -0.138. The van der Waals surface area contributed by atoms with Crippen molar-refractivity contribution in [1.82, 2.24) is 39.5 Å². The van der Waals surface area contributed by atoms with Crippen molar-refractivity contribution in [2.75, 3.05) is 47.9 Å². The summed E-state index contributed by atoms with van der Waals surface area (Å²) in [4.78, 5) is 68.1. The first-order valence-electron chi connectivity index (χ1n) is 21.4. The molecule has 2 saturated heterocycles. The van der Waals surface area contributed by atoms with Crippen LogP contribution in [-0.2, 0) is 19.7 Å². The van der Waals surface area contributed by atoms with Gasteiger partial charge < -0.3 is 24.5 Å². The van der Waals surface area contributed by atoms with E-state index in [2.05, 4.69) is 40.3 Å². The first-order valence-corrected chi connectivity index (χ1v) is 21.4. The van der Waals surface area contributed by atoms with Gasteiger partial charge in [0.05, 0.1) is 35.5 Å². The highest BCUT2D eigenvalue weighted by molar-refractivity contribution is 5.90. The molecule has 316 valence electrons. The number of rotatable bonds is 13. The van der Waals surface area contributed by atoms with Gasteiger partial charge in [0.2, 0.25) is 11.8 Å². The van der Waals surface area contributed by atoms with Crippen LogP contribution in [0.25, 0.3) is 5.57 Å². The zero-order chi connectivity index (χ0) is 42.7. The Morgan fingerprint density at radius 1 is 0.770 bits per heavy atom. The molecule has 2 N–H and O–H groups in total. The van der Waals surface area contributed by atoms with E-state index >= 15 is 0 Å². The number of likely N-dealkylation sites (N-methyl/N-ethyl adjacent to an activating group) is 2. The van der Waals surface area contributed by atoms with Crippen molar-refractivity contribution in [3.05, 3.63) is 161 Å². The normalized spacial score (nSPS) is 21.2. The Kier molecular flexibility index (Phi) is 12.2. The Morgan fingerprint density at radius 2 is 1.31 bits per heavy atom. The number of carbonyl (C=O) groups excluding carboxylic acids is 3. The number of hydrogen-bond donors (Lipinski definition) is 2. The largest absolute Gasteiger partial charge is 0.461 e. The number of H-pyrrole nitrogens is 2. The number of aromatic amines is 2. The average molecular weight is 821 g/mol. The van der Waals surface area contributed by atoms with Crippen molar-refractivity contribution >= 4 is 23.4 Å². The molecule has 0 bridgehead atoms. The van der Waals surface area contributed by atoms with Crippen LogP contribution in [0.15, 0.2) is 115 Å². The monoisotopic (exact) mass is 820 g/mol. The highest BCUT2D eigenvalue weighted by Crippen LogP contribution is 2.45. The molecular weight excluding hydrogens is 765 g/mol. The van der Waals surface area contributed by atoms with E-state index in [0.29, 0.717) is 43.3 Å². The molecule has 1 unspecified atom stereocenters. The number of hydrogen-bond acceptors (Lipinski definition) is 8. The first-order chi connectivity index (χ1) is 29.6. The summed E-state index contributed by atoms with van der Waals surface area (Å²) in [6, 6.07) is 28.4. The number of nitrogens with zero attached hydrogens (tertiary/aromatic N) is 6. The fourth-order valence-electron chi connectivity index (χ4n) is 9.49. The van der Waals surface area contributed by atoms with Gasteiger partial charge in [-0.15, -0.1) is 0 Å². The van der Waals surface area contributed by atoms with E-state index < -0.39 is 23.5 Å². The molecule has 0 radical (unpaired) electrons. The SMILES string of the molecule is CCOC(=O)c1nc([C@@H]2CCCN2C(=O)[C@@H](c2ccccc2)N(C)C)[nH]c1C1(c2cnc([C@@H]3CCCN3C(=O)[C@@H](c3ccccc3)N(C)C)[nH]2)C=CC(c2ccccc2)=CC1. The molecule has 12 nitrogen and oxygen atoms in total. The third-order valence-corrected chi connectivity index (χ3v) is 12.4. The number of imidazole rings is 2. The maximum Gasteiger partial charge on any atom is 0.358 e. The number of aromatic nitrogens is 4. The molecule has 1 aliphatic carbocycles. The average Bonchev–Trinajstić information content (AvgIpc) is 4.12. The highest BCUT2D eigenvalue weighted by Gasteiger charge is 2.45. The van der Waals surface area contributed by atoms with Gasteiger partial charge >= 0.3 is 5.97 Å². The van der Waals surface area contributed by atoms with E-state index in [1.54, 1.807) is 6.92 Å². The summed E-state index contributed by atoms with van der Waals surface area (Å²) in [7, 11) is 7.72. The minimum absolute atomic E-state index is 0.0188. The zero-order valence-electron chi connectivity index (χ0n) is 35.8. The number of likely N-dealkylation sites (tertiary alicyclic amines) is 2.